The third kappa shape index (κ3) is 4.35. The summed E-state index contributed by atoms with van der Waals surface area (Å²) in [5.74, 6) is -2.63. The van der Waals surface area contributed by atoms with E-state index in [4.69, 9.17) is 9.84 Å². The summed E-state index contributed by atoms with van der Waals surface area (Å²) < 4.78 is 6.15. The van der Waals surface area contributed by atoms with Crippen LogP contribution < -0.4 is 15.0 Å². The van der Waals surface area contributed by atoms with Crippen LogP contribution in [0.4, 0.5) is 10.5 Å². The van der Waals surface area contributed by atoms with Crippen LogP contribution in [0.25, 0.3) is 6.08 Å². The zero-order valence-corrected chi connectivity index (χ0v) is 16.7. The molecular weight excluding hydrogens is 444 g/mol. The largest absolute Gasteiger partial charge is 0.479 e. The number of para-hydroxylation sites is 1. The first-order valence-corrected chi connectivity index (χ1v) is 9.22. The molecule has 1 atom stereocenters. The molecule has 0 spiro atoms. The van der Waals surface area contributed by atoms with Crippen molar-refractivity contribution in [2.45, 2.75) is 13.0 Å². The van der Waals surface area contributed by atoms with E-state index in [0.717, 1.165) is 9.37 Å². The maximum Gasteiger partial charge on any atom is 0.344 e. The predicted octanol–water partition coefficient (Wildman–Crippen LogP) is 2.97. The van der Waals surface area contributed by atoms with E-state index in [-0.39, 0.29) is 17.0 Å². The van der Waals surface area contributed by atoms with E-state index in [1.165, 1.54) is 19.1 Å². The molecule has 29 heavy (non-hydrogen) atoms. The van der Waals surface area contributed by atoms with Gasteiger partial charge in [-0.3, -0.25) is 14.9 Å². The molecule has 0 unspecified atom stereocenters. The molecule has 1 aliphatic rings. The van der Waals surface area contributed by atoms with Crippen LogP contribution in [-0.2, 0) is 14.4 Å². The maximum atomic E-state index is 12.9. The second-order valence-electron chi connectivity index (χ2n) is 6.07. The predicted molar refractivity (Wildman–Crippen MR) is 107 cm³/mol. The molecule has 148 valence electrons. The Hall–Kier alpha value is -3.46. The zero-order chi connectivity index (χ0) is 21.1. The van der Waals surface area contributed by atoms with Gasteiger partial charge in [0.05, 0.1) is 5.69 Å². The number of carbonyl (C=O) groups is 4. The molecular formula is C20H15BrN2O6. The molecule has 4 amide bonds. The van der Waals surface area contributed by atoms with Crippen molar-refractivity contribution in [2.24, 2.45) is 0 Å². The van der Waals surface area contributed by atoms with Crippen LogP contribution in [0.15, 0.2) is 58.6 Å². The molecule has 8 nitrogen and oxygen atoms in total. The molecule has 1 fully saturated rings. The molecule has 9 heteroatoms. The van der Waals surface area contributed by atoms with Gasteiger partial charge >= 0.3 is 12.0 Å². The van der Waals surface area contributed by atoms with E-state index < -0.39 is 29.9 Å². The van der Waals surface area contributed by atoms with Gasteiger partial charge in [0.15, 0.2) is 6.10 Å². The monoisotopic (exact) mass is 458 g/mol. The lowest BCUT2D eigenvalue weighted by Crippen LogP contribution is -2.54. The highest BCUT2D eigenvalue weighted by atomic mass is 79.9. The zero-order valence-electron chi connectivity index (χ0n) is 15.1. The number of hydrogen-bond acceptors (Lipinski definition) is 5. The van der Waals surface area contributed by atoms with E-state index >= 15 is 0 Å². The minimum absolute atomic E-state index is 0.183. The van der Waals surface area contributed by atoms with Crippen LogP contribution in [0.5, 0.6) is 5.75 Å². The molecule has 0 aliphatic carbocycles. The standard InChI is InChI=1S/C20H15BrN2O6/c1-11(19(26)27)29-16-5-3-2-4-12(16)10-15-17(24)22-20(28)23(18(15)25)14-8-6-13(21)7-9-14/h2-11H,1H3,(H,26,27)(H,22,24,28)/b15-10+/t11-/m0/s1. The first-order chi connectivity index (χ1) is 13.8. The Bertz CT molecular complexity index is 1030. The van der Waals surface area contributed by atoms with Crippen molar-refractivity contribution in [2.75, 3.05) is 4.90 Å². The van der Waals surface area contributed by atoms with Gasteiger partial charge < -0.3 is 9.84 Å². The second-order valence-corrected chi connectivity index (χ2v) is 6.99. The molecule has 0 aromatic heterocycles. The SMILES string of the molecule is C[C@H](Oc1ccccc1/C=C1\C(=O)NC(=O)N(c2ccc(Br)cc2)C1=O)C(=O)O. The fourth-order valence-corrected chi connectivity index (χ4v) is 2.85. The molecule has 1 aliphatic heterocycles. The van der Waals surface area contributed by atoms with Gasteiger partial charge in [0.2, 0.25) is 0 Å². The average molecular weight is 459 g/mol. The average Bonchev–Trinajstić information content (AvgIpc) is 2.67. The quantitative estimate of drug-likeness (QED) is 0.525. The van der Waals surface area contributed by atoms with Crippen LogP contribution in [0.2, 0.25) is 0 Å². The normalized spacial score (nSPS) is 16.6. The topological polar surface area (TPSA) is 113 Å². The van der Waals surface area contributed by atoms with Crippen molar-refractivity contribution >= 4 is 51.5 Å². The smallest absolute Gasteiger partial charge is 0.344 e. The van der Waals surface area contributed by atoms with Crippen LogP contribution in [0.1, 0.15) is 12.5 Å². The molecule has 2 aromatic rings. The number of carbonyl (C=O) groups excluding carboxylic acids is 3. The Kier molecular flexibility index (Phi) is 5.79. The second kappa shape index (κ2) is 8.27. The summed E-state index contributed by atoms with van der Waals surface area (Å²) in [7, 11) is 0. The number of amides is 4. The summed E-state index contributed by atoms with van der Waals surface area (Å²) in [5, 5.41) is 11.2. The minimum Gasteiger partial charge on any atom is -0.479 e. The Morgan fingerprint density at radius 2 is 1.79 bits per heavy atom. The summed E-state index contributed by atoms with van der Waals surface area (Å²) in [4.78, 5) is 49.4. The number of aliphatic carboxylic acids is 1. The van der Waals surface area contributed by atoms with Gasteiger partial charge in [0.25, 0.3) is 11.8 Å². The number of benzene rings is 2. The first kappa shape index (κ1) is 20.3. The number of ether oxygens (including phenoxy) is 1. The number of rotatable bonds is 5. The number of halogens is 1. The van der Waals surface area contributed by atoms with E-state index in [0.29, 0.717) is 5.56 Å². The number of imide groups is 2. The summed E-state index contributed by atoms with van der Waals surface area (Å²) in [6.45, 7) is 1.36. The van der Waals surface area contributed by atoms with Gasteiger partial charge in [-0.2, -0.15) is 0 Å². The lowest BCUT2D eigenvalue weighted by Gasteiger charge is -2.26. The Labute approximate surface area is 173 Å². The van der Waals surface area contributed by atoms with Gasteiger partial charge in [0.1, 0.15) is 11.3 Å². The summed E-state index contributed by atoms with van der Waals surface area (Å²) in [5.41, 5.74) is 0.328. The van der Waals surface area contributed by atoms with Crippen molar-refractivity contribution in [1.82, 2.24) is 5.32 Å². The van der Waals surface area contributed by atoms with Crippen LogP contribution in [0, 0.1) is 0 Å². The summed E-state index contributed by atoms with van der Waals surface area (Å²) in [6.07, 6.45) is 0.131. The lowest BCUT2D eigenvalue weighted by molar-refractivity contribution is -0.144. The number of barbiturate groups is 1. The number of urea groups is 1. The third-order valence-corrected chi connectivity index (χ3v) is 4.59. The summed E-state index contributed by atoms with van der Waals surface area (Å²) >= 11 is 3.28. The molecule has 0 saturated carbocycles. The highest BCUT2D eigenvalue weighted by molar-refractivity contribution is 9.10. The van der Waals surface area contributed by atoms with Crippen molar-refractivity contribution in [3.63, 3.8) is 0 Å². The van der Waals surface area contributed by atoms with Crippen molar-refractivity contribution in [3.05, 3.63) is 64.1 Å². The fraction of sp³-hybridized carbons (Fsp3) is 0.100. The number of nitrogens with one attached hydrogen (secondary N) is 1. The van der Waals surface area contributed by atoms with Crippen LogP contribution in [0.3, 0.4) is 0 Å². The first-order valence-electron chi connectivity index (χ1n) is 8.43. The van der Waals surface area contributed by atoms with Crippen molar-refractivity contribution in [1.29, 1.82) is 0 Å². The third-order valence-electron chi connectivity index (χ3n) is 4.06. The molecule has 2 N–H and O–H groups in total. The van der Waals surface area contributed by atoms with Gasteiger partial charge in [-0.15, -0.1) is 0 Å². The highest BCUT2D eigenvalue weighted by Crippen LogP contribution is 2.26. The van der Waals surface area contributed by atoms with Crippen LogP contribution >= 0.6 is 15.9 Å². The maximum absolute atomic E-state index is 12.9. The van der Waals surface area contributed by atoms with Crippen molar-refractivity contribution < 1.29 is 29.0 Å². The van der Waals surface area contributed by atoms with Gasteiger partial charge in [-0.1, -0.05) is 34.1 Å². The van der Waals surface area contributed by atoms with Crippen LogP contribution in [-0.4, -0.2) is 35.0 Å². The minimum atomic E-state index is -1.16. The molecule has 2 aromatic carbocycles. The number of hydrogen-bond donors (Lipinski definition) is 2. The van der Waals surface area contributed by atoms with E-state index in [1.54, 1.807) is 42.5 Å². The number of carboxylic acid groups (broad SMARTS) is 1. The van der Waals surface area contributed by atoms with Gasteiger partial charge in [0, 0.05) is 10.0 Å². The number of nitrogens with zero attached hydrogens (tertiary/aromatic N) is 1. The Morgan fingerprint density at radius 3 is 2.45 bits per heavy atom. The number of anilines is 1. The van der Waals surface area contributed by atoms with E-state index in [1.807, 2.05) is 0 Å². The summed E-state index contributed by atoms with van der Waals surface area (Å²) in [6, 6.07) is 11.9. The van der Waals surface area contributed by atoms with Crippen molar-refractivity contribution in [3.8, 4) is 5.75 Å². The van der Waals surface area contributed by atoms with Gasteiger partial charge in [-0.25, -0.2) is 14.5 Å². The van der Waals surface area contributed by atoms with Gasteiger partial charge in [-0.05, 0) is 43.3 Å². The molecule has 0 bridgehead atoms. The highest BCUT2D eigenvalue weighted by Gasteiger charge is 2.37. The van der Waals surface area contributed by atoms with E-state index in [2.05, 4.69) is 21.2 Å². The van der Waals surface area contributed by atoms with E-state index in [9.17, 15) is 19.2 Å². The Balaban J connectivity index is 1.99. The molecule has 0 radical (unpaired) electrons. The molecule has 1 saturated heterocycles. The Morgan fingerprint density at radius 1 is 1.14 bits per heavy atom. The fourth-order valence-electron chi connectivity index (χ4n) is 2.59. The molecule has 3 rings (SSSR count). The number of carboxylic acids is 1. The molecule has 1 heterocycles. The lowest BCUT2D eigenvalue weighted by atomic mass is 10.1.